The van der Waals surface area contributed by atoms with Crippen LogP contribution in [0.2, 0.25) is 0 Å². The molecule has 2 spiro atoms. The van der Waals surface area contributed by atoms with E-state index < -0.39 is 11.4 Å². The maximum Gasteiger partial charge on any atom is 0.226 e. The van der Waals surface area contributed by atoms with E-state index in [9.17, 15) is 9.59 Å². The van der Waals surface area contributed by atoms with Crippen molar-refractivity contribution in [3.8, 4) is 0 Å². The summed E-state index contributed by atoms with van der Waals surface area (Å²) in [7, 11) is 0. The Hall–Kier alpha value is -1.08. The van der Waals surface area contributed by atoms with Crippen LogP contribution in [0.5, 0.6) is 0 Å². The Bertz CT molecular complexity index is 807. The first kappa shape index (κ1) is 18.7. The number of Topliss-reactive ketones (excluding diaryl/α,β-unsaturated/α-hetero) is 1. The second-order valence-corrected chi connectivity index (χ2v) is 10.5. The number of ketones is 2. The average Bonchev–Trinajstić information content (AvgIpc) is 3.37. The summed E-state index contributed by atoms with van der Waals surface area (Å²) < 4.78 is 24.0. The maximum absolute atomic E-state index is 13.8. The van der Waals surface area contributed by atoms with Crippen molar-refractivity contribution in [2.45, 2.75) is 70.2 Å². The molecule has 2 heterocycles. The number of rotatable bonds is 0. The minimum absolute atomic E-state index is 0.0165. The lowest BCUT2D eigenvalue weighted by molar-refractivity contribution is -0.246. The van der Waals surface area contributed by atoms with E-state index in [4.69, 9.17) is 18.9 Å². The third-order valence-corrected chi connectivity index (χ3v) is 9.65. The zero-order valence-electron chi connectivity index (χ0n) is 17.3. The fraction of sp³-hybridized carbons (Fsp3) is 0.826. The molecular formula is C23H30O6. The van der Waals surface area contributed by atoms with E-state index in [0.29, 0.717) is 37.1 Å². The third kappa shape index (κ3) is 2.07. The van der Waals surface area contributed by atoms with E-state index in [-0.39, 0.29) is 36.1 Å². The van der Waals surface area contributed by atoms with Crippen molar-refractivity contribution in [3.63, 3.8) is 0 Å². The largest absolute Gasteiger partial charge is 0.350 e. The van der Waals surface area contributed by atoms with Gasteiger partial charge in [0.15, 0.2) is 19.4 Å². The van der Waals surface area contributed by atoms with Crippen LogP contribution in [0.3, 0.4) is 0 Å². The number of carbonyl (C=O) groups excluding carboxylic acids is 2. The monoisotopic (exact) mass is 402 g/mol. The van der Waals surface area contributed by atoms with E-state index in [1.165, 1.54) is 5.57 Å². The summed E-state index contributed by atoms with van der Waals surface area (Å²) in [6.45, 7) is 5.24. The summed E-state index contributed by atoms with van der Waals surface area (Å²) in [5.74, 6) is 0.416. The van der Waals surface area contributed by atoms with Crippen LogP contribution >= 0.6 is 0 Å². The number of ether oxygens (including phenoxy) is 4. The van der Waals surface area contributed by atoms with Gasteiger partial charge in [-0.3, -0.25) is 9.59 Å². The molecule has 0 amide bonds. The van der Waals surface area contributed by atoms with Gasteiger partial charge in [-0.2, -0.15) is 0 Å². The molecule has 6 aliphatic rings. The van der Waals surface area contributed by atoms with Crippen molar-refractivity contribution in [1.29, 1.82) is 0 Å². The van der Waals surface area contributed by atoms with E-state index in [1.807, 2.05) is 6.08 Å². The average molecular weight is 402 g/mol. The molecule has 158 valence electrons. The van der Waals surface area contributed by atoms with Gasteiger partial charge in [0, 0.05) is 24.2 Å². The highest BCUT2D eigenvalue weighted by atomic mass is 16.9. The third-order valence-electron chi connectivity index (χ3n) is 9.65. The molecule has 6 unspecified atom stereocenters. The Morgan fingerprint density at radius 3 is 2.62 bits per heavy atom. The molecule has 6 rings (SSSR count). The van der Waals surface area contributed by atoms with Crippen LogP contribution in [0.15, 0.2) is 11.6 Å². The molecule has 29 heavy (non-hydrogen) atoms. The van der Waals surface area contributed by atoms with Gasteiger partial charge >= 0.3 is 0 Å². The summed E-state index contributed by atoms with van der Waals surface area (Å²) in [5.41, 5.74) is 0.103. The smallest absolute Gasteiger partial charge is 0.226 e. The SMILES string of the molecule is CC12CCC(=O)C=C1CCC1C2C(=O)CC2(C)C1CC[C@@]21OCOC12COCO2. The molecule has 7 atom stereocenters. The Kier molecular flexibility index (Phi) is 3.72. The maximum atomic E-state index is 13.8. The Morgan fingerprint density at radius 2 is 1.83 bits per heavy atom. The molecule has 0 bridgehead atoms. The molecule has 6 heteroatoms. The van der Waals surface area contributed by atoms with Gasteiger partial charge in [0.25, 0.3) is 0 Å². The quantitative estimate of drug-likeness (QED) is 0.620. The van der Waals surface area contributed by atoms with Gasteiger partial charge in [-0.15, -0.1) is 0 Å². The van der Waals surface area contributed by atoms with Crippen LogP contribution in [0.4, 0.5) is 0 Å². The molecule has 0 aromatic rings. The first-order valence-corrected chi connectivity index (χ1v) is 11.1. The molecular weight excluding hydrogens is 372 g/mol. The molecule has 5 fully saturated rings. The minimum atomic E-state index is -0.884. The number of hydrogen-bond donors (Lipinski definition) is 0. The van der Waals surface area contributed by atoms with Gasteiger partial charge in [-0.05, 0) is 55.4 Å². The van der Waals surface area contributed by atoms with Gasteiger partial charge < -0.3 is 18.9 Å². The van der Waals surface area contributed by atoms with Gasteiger partial charge in [0.2, 0.25) is 5.79 Å². The van der Waals surface area contributed by atoms with E-state index in [0.717, 1.165) is 32.1 Å². The number of fused-ring (bicyclic) bond motifs is 7. The highest BCUT2D eigenvalue weighted by Gasteiger charge is 2.76. The van der Waals surface area contributed by atoms with Crippen molar-refractivity contribution < 1.29 is 28.5 Å². The van der Waals surface area contributed by atoms with Crippen molar-refractivity contribution in [1.82, 2.24) is 0 Å². The van der Waals surface area contributed by atoms with E-state index in [2.05, 4.69) is 13.8 Å². The second-order valence-electron chi connectivity index (χ2n) is 10.5. The number of carbonyl (C=O) groups is 2. The van der Waals surface area contributed by atoms with Crippen LogP contribution in [-0.2, 0) is 28.5 Å². The highest BCUT2D eigenvalue weighted by Crippen LogP contribution is 2.70. The van der Waals surface area contributed by atoms with Gasteiger partial charge in [0.1, 0.15) is 18.0 Å². The Morgan fingerprint density at radius 1 is 1.00 bits per heavy atom. The highest BCUT2D eigenvalue weighted by molar-refractivity contribution is 5.93. The zero-order chi connectivity index (χ0) is 20.1. The lowest BCUT2D eigenvalue weighted by Gasteiger charge is -2.59. The molecule has 0 aromatic heterocycles. The summed E-state index contributed by atoms with van der Waals surface area (Å²) in [5, 5.41) is 0. The van der Waals surface area contributed by atoms with Crippen LogP contribution in [0, 0.1) is 28.6 Å². The minimum Gasteiger partial charge on any atom is -0.350 e. The van der Waals surface area contributed by atoms with Crippen LogP contribution in [-0.4, -0.2) is 43.1 Å². The summed E-state index contributed by atoms with van der Waals surface area (Å²) in [4.78, 5) is 25.8. The zero-order valence-corrected chi connectivity index (χ0v) is 17.3. The predicted molar refractivity (Wildman–Crippen MR) is 102 cm³/mol. The summed E-state index contributed by atoms with van der Waals surface area (Å²) in [6.07, 6.45) is 7.48. The fourth-order valence-electron chi connectivity index (χ4n) is 8.36. The second kappa shape index (κ2) is 5.78. The predicted octanol–water partition coefficient (Wildman–Crippen LogP) is 3.14. The topological polar surface area (TPSA) is 71.1 Å². The first-order chi connectivity index (χ1) is 13.9. The van der Waals surface area contributed by atoms with E-state index >= 15 is 0 Å². The molecule has 0 radical (unpaired) electrons. The van der Waals surface area contributed by atoms with Gasteiger partial charge in [-0.25, -0.2) is 0 Å². The molecule has 6 nitrogen and oxygen atoms in total. The van der Waals surface area contributed by atoms with Crippen molar-refractivity contribution in [3.05, 3.63) is 11.6 Å². The Labute approximate surface area is 171 Å². The molecule has 2 saturated heterocycles. The lowest BCUT2D eigenvalue weighted by atomic mass is 9.45. The van der Waals surface area contributed by atoms with Crippen molar-refractivity contribution >= 4 is 11.6 Å². The molecule has 3 saturated carbocycles. The van der Waals surface area contributed by atoms with Gasteiger partial charge in [0.05, 0.1) is 0 Å². The molecule has 0 N–H and O–H groups in total. The lowest BCUT2D eigenvalue weighted by Crippen LogP contribution is -2.65. The molecule has 0 aromatic carbocycles. The Balaban J connectivity index is 1.42. The fourth-order valence-corrected chi connectivity index (χ4v) is 8.36. The van der Waals surface area contributed by atoms with Crippen LogP contribution in [0.1, 0.15) is 58.8 Å². The number of hydrogen-bond acceptors (Lipinski definition) is 6. The van der Waals surface area contributed by atoms with Crippen molar-refractivity contribution in [2.75, 3.05) is 20.2 Å². The van der Waals surface area contributed by atoms with Gasteiger partial charge in [-0.1, -0.05) is 19.4 Å². The molecule has 2 aliphatic heterocycles. The van der Waals surface area contributed by atoms with Crippen molar-refractivity contribution in [2.24, 2.45) is 28.6 Å². The molecule has 4 aliphatic carbocycles. The number of allylic oxidation sites excluding steroid dienone is 1. The van der Waals surface area contributed by atoms with Crippen LogP contribution < -0.4 is 0 Å². The van der Waals surface area contributed by atoms with E-state index in [1.54, 1.807) is 0 Å². The summed E-state index contributed by atoms with van der Waals surface area (Å²) >= 11 is 0. The normalized spacial score (nSPS) is 53.9. The standard InChI is InChI=1S/C23H30O6/c1-20-7-5-15(24)9-14(20)3-4-16-17-6-8-22(21(17,2)10-18(25)19(16)20)23(29-13-27-22)11-26-12-28-23/h9,16-17,19H,3-8,10-13H2,1-2H3/t16?,17?,19?,20?,21?,22-,23?/m1/s1. The van der Waals surface area contributed by atoms with Crippen LogP contribution in [0.25, 0.3) is 0 Å². The summed E-state index contributed by atoms with van der Waals surface area (Å²) in [6, 6.07) is 0. The first-order valence-electron chi connectivity index (χ1n) is 11.1.